The van der Waals surface area contributed by atoms with Gasteiger partial charge in [0, 0.05) is 0 Å². The van der Waals surface area contributed by atoms with E-state index in [9.17, 15) is 4.79 Å². The Labute approximate surface area is 102 Å². The van der Waals surface area contributed by atoms with E-state index in [1.54, 1.807) is 6.92 Å². The van der Waals surface area contributed by atoms with Gasteiger partial charge < -0.3 is 5.32 Å². The molecule has 90 valence electrons. The number of nitrogens with one attached hydrogen (secondary N) is 1. The summed E-state index contributed by atoms with van der Waals surface area (Å²) in [6.07, 6.45) is 0.924. The van der Waals surface area contributed by atoms with E-state index in [2.05, 4.69) is 11.4 Å². The predicted octanol–water partition coefficient (Wildman–Crippen LogP) is 2.35. The Morgan fingerprint density at radius 2 is 2.12 bits per heavy atom. The Balaban J connectivity index is 2.69. The maximum atomic E-state index is 11.8. The summed E-state index contributed by atoms with van der Waals surface area (Å²) in [6.45, 7) is 5.60. The Kier molecular flexibility index (Phi) is 4.28. The highest BCUT2D eigenvalue weighted by atomic mass is 16.1. The van der Waals surface area contributed by atoms with Crippen molar-refractivity contribution in [3.05, 3.63) is 35.4 Å². The fourth-order valence-electron chi connectivity index (χ4n) is 1.53. The summed E-state index contributed by atoms with van der Waals surface area (Å²) in [6, 6.07) is 9.90. The summed E-state index contributed by atoms with van der Waals surface area (Å²) in [4.78, 5) is 11.8. The molecule has 0 spiro atoms. The van der Waals surface area contributed by atoms with Crippen molar-refractivity contribution >= 4 is 5.91 Å². The minimum atomic E-state index is -0.764. The molecule has 1 aromatic carbocycles. The zero-order valence-corrected chi connectivity index (χ0v) is 10.6. The van der Waals surface area contributed by atoms with Gasteiger partial charge in [-0.15, -0.1) is 0 Å². The van der Waals surface area contributed by atoms with Crippen LogP contribution in [0.1, 0.15) is 31.4 Å². The van der Waals surface area contributed by atoms with Gasteiger partial charge in [-0.3, -0.25) is 4.79 Å². The van der Waals surface area contributed by atoms with Gasteiger partial charge in [-0.1, -0.05) is 31.2 Å². The molecule has 0 aliphatic heterocycles. The van der Waals surface area contributed by atoms with Gasteiger partial charge in [0.05, 0.1) is 12.5 Å². The van der Waals surface area contributed by atoms with Crippen molar-refractivity contribution in [1.82, 2.24) is 5.32 Å². The molecular weight excluding hydrogens is 212 g/mol. The van der Waals surface area contributed by atoms with Gasteiger partial charge in [-0.25, -0.2) is 0 Å². The molecule has 0 fully saturated rings. The first-order chi connectivity index (χ1) is 8.00. The number of amides is 1. The molecule has 1 atom stereocenters. The fraction of sp³-hybridized carbons (Fsp3) is 0.429. The standard InChI is InChI=1S/C14H18N2O/c1-4-14(3,10-15)16-13(17)9-12-8-6-5-7-11(12)2/h5-8H,4,9H2,1-3H3,(H,16,17)/t14-/m1/s1. The number of nitriles is 1. The number of nitrogens with zero attached hydrogens (tertiary/aromatic N) is 1. The van der Waals surface area contributed by atoms with Crippen LogP contribution in [-0.4, -0.2) is 11.4 Å². The molecule has 1 rings (SSSR count). The molecule has 0 aliphatic carbocycles. The third-order valence-electron chi connectivity index (χ3n) is 2.98. The Morgan fingerprint density at radius 1 is 1.47 bits per heavy atom. The van der Waals surface area contributed by atoms with E-state index in [0.717, 1.165) is 11.1 Å². The molecule has 1 amide bonds. The lowest BCUT2D eigenvalue weighted by atomic mass is 10.00. The van der Waals surface area contributed by atoms with E-state index in [4.69, 9.17) is 5.26 Å². The zero-order valence-electron chi connectivity index (χ0n) is 10.6. The van der Waals surface area contributed by atoms with Gasteiger partial charge in [0.2, 0.25) is 5.91 Å². The lowest BCUT2D eigenvalue weighted by molar-refractivity contribution is -0.121. The number of carbonyl (C=O) groups excluding carboxylic acids is 1. The summed E-state index contributed by atoms with van der Waals surface area (Å²) < 4.78 is 0. The first-order valence-electron chi connectivity index (χ1n) is 5.77. The van der Waals surface area contributed by atoms with E-state index in [-0.39, 0.29) is 5.91 Å². The summed E-state index contributed by atoms with van der Waals surface area (Å²) in [5, 5.41) is 11.8. The molecule has 3 nitrogen and oxygen atoms in total. The lowest BCUT2D eigenvalue weighted by Crippen LogP contribution is -2.45. The Hall–Kier alpha value is -1.82. The SMILES string of the molecule is CC[C@](C)(C#N)NC(=O)Cc1ccccc1C. The van der Waals surface area contributed by atoms with E-state index in [0.29, 0.717) is 12.8 Å². The third kappa shape index (κ3) is 3.60. The summed E-state index contributed by atoms with van der Waals surface area (Å²) in [7, 11) is 0. The normalized spacial score (nSPS) is 13.5. The summed E-state index contributed by atoms with van der Waals surface area (Å²) >= 11 is 0. The van der Waals surface area contributed by atoms with E-state index in [1.165, 1.54) is 0 Å². The lowest BCUT2D eigenvalue weighted by Gasteiger charge is -2.21. The monoisotopic (exact) mass is 230 g/mol. The van der Waals surface area contributed by atoms with Crippen molar-refractivity contribution in [2.45, 2.75) is 39.2 Å². The largest absolute Gasteiger partial charge is 0.338 e. The highest BCUT2D eigenvalue weighted by Crippen LogP contribution is 2.10. The molecule has 0 saturated heterocycles. The van der Waals surface area contributed by atoms with Crippen molar-refractivity contribution in [3.8, 4) is 6.07 Å². The molecule has 0 aromatic heterocycles. The molecule has 0 bridgehead atoms. The second-order valence-electron chi connectivity index (χ2n) is 4.45. The minimum Gasteiger partial charge on any atom is -0.338 e. The Morgan fingerprint density at radius 3 is 2.65 bits per heavy atom. The second kappa shape index (κ2) is 5.49. The number of hydrogen-bond acceptors (Lipinski definition) is 2. The molecule has 0 radical (unpaired) electrons. The highest BCUT2D eigenvalue weighted by Gasteiger charge is 2.23. The molecular formula is C14H18N2O. The number of aryl methyl sites for hydroxylation is 1. The first-order valence-corrected chi connectivity index (χ1v) is 5.77. The van der Waals surface area contributed by atoms with E-state index in [1.807, 2.05) is 38.1 Å². The van der Waals surface area contributed by atoms with Crippen LogP contribution in [0.5, 0.6) is 0 Å². The molecule has 0 unspecified atom stereocenters. The van der Waals surface area contributed by atoms with Crippen LogP contribution < -0.4 is 5.32 Å². The predicted molar refractivity (Wildman–Crippen MR) is 67.3 cm³/mol. The fourth-order valence-corrected chi connectivity index (χ4v) is 1.53. The highest BCUT2D eigenvalue weighted by molar-refractivity contribution is 5.80. The van der Waals surface area contributed by atoms with Crippen molar-refractivity contribution in [2.75, 3.05) is 0 Å². The minimum absolute atomic E-state index is 0.106. The van der Waals surface area contributed by atoms with E-state index >= 15 is 0 Å². The number of carbonyl (C=O) groups is 1. The number of rotatable bonds is 4. The molecule has 17 heavy (non-hydrogen) atoms. The van der Waals surface area contributed by atoms with E-state index < -0.39 is 5.54 Å². The van der Waals surface area contributed by atoms with Gasteiger partial charge >= 0.3 is 0 Å². The summed E-state index contributed by atoms with van der Waals surface area (Å²) in [5.74, 6) is -0.106. The number of benzene rings is 1. The van der Waals surface area contributed by atoms with Crippen LogP contribution in [0, 0.1) is 18.3 Å². The average Bonchev–Trinajstić information content (AvgIpc) is 2.32. The zero-order chi connectivity index (χ0) is 12.9. The Bertz CT molecular complexity index is 448. The van der Waals surface area contributed by atoms with Crippen LogP contribution in [0.4, 0.5) is 0 Å². The average molecular weight is 230 g/mol. The van der Waals surface area contributed by atoms with Crippen molar-refractivity contribution in [3.63, 3.8) is 0 Å². The topological polar surface area (TPSA) is 52.9 Å². The van der Waals surface area contributed by atoms with Crippen molar-refractivity contribution < 1.29 is 4.79 Å². The molecule has 3 heteroatoms. The first kappa shape index (κ1) is 13.2. The maximum Gasteiger partial charge on any atom is 0.225 e. The van der Waals surface area contributed by atoms with Gasteiger partial charge in [-0.2, -0.15) is 5.26 Å². The van der Waals surface area contributed by atoms with Gasteiger partial charge in [0.1, 0.15) is 5.54 Å². The molecule has 1 N–H and O–H groups in total. The summed E-state index contributed by atoms with van der Waals surface area (Å²) in [5.41, 5.74) is 1.33. The van der Waals surface area contributed by atoms with Crippen molar-refractivity contribution in [2.24, 2.45) is 0 Å². The van der Waals surface area contributed by atoms with Crippen LogP contribution >= 0.6 is 0 Å². The van der Waals surface area contributed by atoms with Gasteiger partial charge in [0.25, 0.3) is 0 Å². The molecule has 0 heterocycles. The van der Waals surface area contributed by atoms with Crippen LogP contribution in [0.25, 0.3) is 0 Å². The van der Waals surface area contributed by atoms with Crippen LogP contribution in [0.15, 0.2) is 24.3 Å². The quantitative estimate of drug-likeness (QED) is 0.863. The van der Waals surface area contributed by atoms with Crippen LogP contribution in [0.2, 0.25) is 0 Å². The molecule has 0 aliphatic rings. The molecule has 1 aromatic rings. The maximum absolute atomic E-state index is 11.8. The van der Waals surface area contributed by atoms with Crippen LogP contribution in [-0.2, 0) is 11.2 Å². The second-order valence-corrected chi connectivity index (χ2v) is 4.45. The third-order valence-corrected chi connectivity index (χ3v) is 2.98. The van der Waals surface area contributed by atoms with Crippen LogP contribution in [0.3, 0.4) is 0 Å². The van der Waals surface area contributed by atoms with Gasteiger partial charge in [-0.05, 0) is 31.4 Å². The smallest absolute Gasteiger partial charge is 0.225 e. The molecule has 0 saturated carbocycles. The number of hydrogen-bond donors (Lipinski definition) is 1. The van der Waals surface area contributed by atoms with Crippen molar-refractivity contribution in [1.29, 1.82) is 5.26 Å². The van der Waals surface area contributed by atoms with Gasteiger partial charge in [0.15, 0.2) is 0 Å².